The molecule has 0 spiro atoms. The van der Waals surface area contributed by atoms with E-state index in [0.717, 1.165) is 5.56 Å². The third kappa shape index (κ3) is 4.08. The number of nitrogens with one attached hydrogen (secondary N) is 1. The molecule has 0 saturated carbocycles. The molecule has 0 saturated heterocycles. The van der Waals surface area contributed by atoms with Crippen LogP contribution in [0.15, 0.2) is 54.6 Å². The average molecular weight is 289 g/mol. The summed E-state index contributed by atoms with van der Waals surface area (Å²) in [6, 6.07) is 16.7. The Morgan fingerprint density at radius 3 is 2.60 bits per heavy atom. The first-order valence-corrected chi connectivity index (χ1v) is 6.89. The standard InChI is InChI=1S/C16H17ClN2O/c17-14-8-4-7-13(11-14)16(20)19-10-9-15(18)12-5-2-1-3-6-12/h1-8,11,15H,9-10,18H2,(H,19,20). The van der Waals surface area contributed by atoms with E-state index in [4.69, 9.17) is 17.3 Å². The summed E-state index contributed by atoms with van der Waals surface area (Å²) in [5, 5.41) is 3.40. The van der Waals surface area contributed by atoms with Gasteiger partial charge >= 0.3 is 0 Å². The van der Waals surface area contributed by atoms with Crippen molar-refractivity contribution in [1.29, 1.82) is 0 Å². The van der Waals surface area contributed by atoms with Gasteiger partial charge in [0, 0.05) is 23.2 Å². The van der Waals surface area contributed by atoms with Crippen LogP contribution in [0.25, 0.3) is 0 Å². The molecule has 1 unspecified atom stereocenters. The monoisotopic (exact) mass is 288 g/mol. The van der Waals surface area contributed by atoms with Gasteiger partial charge < -0.3 is 11.1 Å². The molecular weight excluding hydrogens is 272 g/mol. The van der Waals surface area contributed by atoms with Gasteiger partial charge in [-0.3, -0.25) is 4.79 Å². The van der Waals surface area contributed by atoms with E-state index >= 15 is 0 Å². The summed E-state index contributed by atoms with van der Waals surface area (Å²) in [4.78, 5) is 11.9. The molecule has 0 radical (unpaired) electrons. The molecule has 0 aliphatic rings. The average Bonchev–Trinajstić information content (AvgIpc) is 2.48. The van der Waals surface area contributed by atoms with E-state index < -0.39 is 0 Å². The Balaban J connectivity index is 1.83. The van der Waals surface area contributed by atoms with E-state index in [-0.39, 0.29) is 11.9 Å². The zero-order chi connectivity index (χ0) is 14.4. The minimum atomic E-state index is -0.132. The van der Waals surface area contributed by atoms with Crippen LogP contribution in [-0.4, -0.2) is 12.5 Å². The van der Waals surface area contributed by atoms with E-state index in [2.05, 4.69) is 5.32 Å². The molecule has 0 aliphatic heterocycles. The van der Waals surface area contributed by atoms with Crippen molar-refractivity contribution in [2.45, 2.75) is 12.5 Å². The molecule has 4 heteroatoms. The molecule has 104 valence electrons. The number of carbonyl (C=O) groups excluding carboxylic acids is 1. The molecular formula is C16H17ClN2O. The molecule has 3 nitrogen and oxygen atoms in total. The quantitative estimate of drug-likeness (QED) is 0.888. The number of halogens is 1. The lowest BCUT2D eigenvalue weighted by atomic mass is 10.1. The van der Waals surface area contributed by atoms with Gasteiger partial charge in [0.15, 0.2) is 0 Å². The van der Waals surface area contributed by atoms with Crippen LogP contribution >= 0.6 is 11.6 Å². The van der Waals surface area contributed by atoms with Crippen molar-refractivity contribution in [2.24, 2.45) is 5.73 Å². The van der Waals surface area contributed by atoms with Gasteiger partial charge in [-0.2, -0.15) is 0 Å². The molecule has 2 aromatic carbocycles. The first-order valence-electron chi connectivity index (χ1n) is 6.51. The zero-order valence-corrected chi connectivity index (χ0v) is 11.8. The van der Waals surface area contributed by atoms with Gasteiger partial charge in [0.25, 0.3) is 5.91 Å². The molecule has 20 heavy (non-hydrogen) atoms. The van der Waals surface area contributed by atoms with E-state index in [9.17, 15) is 4.79 Å². The van der Waals surface area contributed by atoms with Crippen LogP contribution in [0.2, 0.25) is 5.02 Å². The molecule has 1 atom stereocenters. The van der Waals surface area contributed by atoms with Crippen molar-refractivity contribution < 1.29 is 4.79 Å². The first-order chi connectivity index (χ1) is 9.66. The minimum Gasteiger partial charge on any atom is -0.352 e. The summed E-state index contributed by atoms with van der Waals surface area (Å²) in [5.74, 6) is -0.132. The van der Waals surface area contributed by atoms with Crippen LogP contribution in [0.4, 0.5) is 0 Å². The molecule has 1 amide bonds. The molecule has 0 fully saturated rings. The van der Waals surface area contributed by atoms with Crippen molar-refractivity contribution in [2.75, 3.05) is 6.54 Å². The van der Waals surface area contributed by atoms with Gasteiger partial charge in [-0.1, -0.05) is 48.0 Å². The smallest absolute Gasteiger partial charge is 0.251 e. The summed E-state index contributed by atoms with van der Waals surface area (Å²) < 4.78 is 0. The second-order valence-corrected chi connectivity index (χ2v) is 5.01. The van der Waals surface area contributed by atoms with E-state index in [1.807, 2.05) is 30.3 Å². The highest BCUT2D eigenvalue weighted by Gasteiger charge is 2.08. The Hall–Kier alpha value is -1.84. The third-order valence-electron chi connectivity index (χ3n) is 3.06. The minimum absolute atomic E-state index is 0.0733. The fourth-order valence-electron chi connectivity index (χ4n) is 1.94. The highest BCUT2D eigenvalue weighted by atomic mass is 35.5. The normalized spacial score (nSPS) is 11.9. The van der Waals surface area contributed by atoms with Crippen molar-refractivity contribution >= 4 is 17.5 Å². The number of carbonyl (C=O) groups is 1. The summed E-state index contributed by atoms with van der Waals surface area (Å²) in [7, 11) is 0. The van der Waals surface area contributed by atoms with Crippen LogP contribution in [0.5, 0.6) is 0 Å². The number of hydrogen-bond donors (Lipinski definition) is 2. The van der Waals surface area contributed by atoms with Gasteiger partial charge in [0.2, 0.25) is 0 Å². The number of benzene rings is 2. The van der Waals surface area contributed by atoms with Gasteiger partial charge in [0.1, 0.15) is 0 Å². The molecule has 0 heterocycles. The Labute approximate surface area is 123 Å². The third-order valence-corrected chi connectivity index (χ3v) is 3.29. The Kier molecular flexibility index (Phi) is 5.16. The lowest BCUT2D eigenvalue weighted by molar-refractivity contribution is 0.0952. The Morgan fingerprint density at radius 2 is 1.90 bits per heavy atom. The fraction of sp³-hybridized carbons (Fsp3) is 0.188. The molecule has 0 bridgehead atoms. The zero-order valence-electron chi connectivity index (χ0n) is 11.1. The van der Waals surface area contributed by atoms with Gasteiger partial charge in [-0.25, -0.2) is 0 Å². The maximum absolute atomic E-state index is 11.9. The summed E-state index contributed by atoms with van der Waals surface area (Å²) in [5.41, 5.74) is 7.71. The van der Waals surface area contributed by atoms with Crippen LogP contribution < -0.4 is 11.1 Å². The van der Waals surface area contributed by atoms with Crippen LogP contribution in [0.1, 0.15) is 28.4 Å². The highest BCUT2D eigenvalue weighted by molar-refractivity contribution is 6.30. The number of rotatable bonds is 5. The Morgan fingerprint density at radius 1 is 1.15 bits per heavy atom. The maximum Gasteiger partial charge on any atom is 0.251 e. The van der Waals surface area contributed by atoms with E-state index in [1.54, 1.807) is 24.3 Å². The molecule has 2 rings (SSSR count). The van der Waals surface area contributed by atoms with Crippen LogP contribution in [0, 0.1) is 0 Å². The molecule has 3 N–H and O–H groups in total. The largest absolute Gasteiger partial charge is 0.352 e. The summed E-state index contributed by atoms with van der Waals surface area (Å²) in [6.07, 6.45) is 0.691. The first kappa shape index (κ1) is 14.6. The number of amides is 1. The summed E-state index contributed by atoms with van der Waals surface area (Å²) in [6.45, 7) is 0.529. The number of hydrogen-bond acceptors (Lipinski definition) is 2. The van der Waals surface area contributed by atoms with Crippen molar-refractivity contribution in [3.8, 4) is 0 Å². The van der Waals surface area contributed by atoms with Gasteiger partial charge in [-0.05, 0) is 30.2 Å². The van der Waals surface area contributed by atoms with Crippen molar-refractivity contribution in [1.82, 2.24) is 5.32 Å². The highest BCUT2D eigenvalue weighted by Crippen LogP contribution is 2.13. The van der Waals surface area contributed by atoms with E-state index in [1.165, 1.54) is 0 Å². The number of nitrogens with two attached hydrogens (primary N) is 1. The second-order valence-electron chi connectivity index (χ2n) is 4.57. The lowest BCUT2D eigenvalue weighted by Gasteiger charge is -2.12. The Bertz CT molecular complexity index is 572. The van der Waals surface area contributed by atoms with Crippen LogP contribution in [0.3, 0.4) is 0 Å². The second kappa shape index (κ2) is 7.08. The molecule has 0 aliphatic carbocycles. The molecule has 0 aromatic heterocycles. The maximum atomic E-state index is 11.9. The predicted molar refractivity (Wildman–Crippen MR) is 81.8 cm³/mol. The van der Waals surface area contributed by atoms with Crippen LogP contribution in [-0.2, 0) is 0 Å². The van der Waals surface area contributed by atoms with E-state index in [0.29, 0.717) is 23.6 Å². The summed E-state index contributed by atoms with van der Waals surface area (Å²) >= 11 is 5.85. The molecule has 2 aromatic rings. The topological polar surface area (TPSA) is 55.1 Å². The SMILES string of the molecule is NC(CCNC(=O)c1cccc(Cl)c1)c1ccccc1. The van der Waals surface area contributed by atoms with Gasteiger partial charge in [-0.15, -0.1) is 0 Å². The fourth-order valence-corrected chi connectivity index (χ4v) is 2.13. The van der Waals surface area contributed by atoms with Crippen molar-refractivity contribution in [3.63, 3.8) is 0 Å². The van der Waals surface area contributed by atoms with Gasteiger partial charge in [0.05, 0.1) is 0 Å². The lowest BCUT2D eigenvalue weighted by Crippen LogP contribution is -2.27. The van der Waals surface area contributed by atoms with Crippen molar-refractivity contribution in [3.05, 3.63) is 70.7 Å². The predicted octanol–water partition coefficient (Wildman–Crippen LogP) is 3.16.